The van der Waals surface area contributed by atoms with E-state index in [1.807, 2.05) is 4.90 Å². The Balaban J connectivity index is 2.15. The highest BCUT2D eigenvalue weighted by Crippen LogP contribution is 2.21. The molecule has 0 saturated carbocycles. The summed E-state index contributed by atoms with van der Waals surface area (Å²) in [4.78, 5) is 16.6. The van der Waals surface area contributed by atoms with E-state index in [0.717, 1.165) is 26.1 Å². The van der Waals surface area contributed by atoms with Gasteiger partial charge in [0.15, 0.2) is 0 Å². The molecule has 1 saturated heterocycles. The molecule has 0 radical (unpaired) electrons. The van der Waals surface area contributed by atoms with Gasteiger partial charge in [-0.25, -0.2) is 4.39 Å². The van der Waals surface area contributed by atoms with Crippen molar-refractivity contribution in [2.45, 2.75) is 19.4 Å². The van der Waals surface area contributed by atoms with Crippen molar-refractivity contribution in [3.05, 3.63) is 34.1 Å². The molecule has 19 heavy (non-hydrogen) atoms. The molecule has 1 amide bonds. The fourth-order valence-corrected chi connectivity index (χ4v) is 2.93. The van der Waals surface area contributed by atoms with Gasteiger partial charge in [-0.2, -0.15) is 0 Å². The van der Waals surface area contributed by atoms with Gasteiger partial charge >= 0.3 is 0 Å². The summed E-state index contributed by atoms with van der Waals surface area (Å²) in [6, 6.07) is 4.60. The maximum Gasteiger partial charge on any atom is 0.255 e. The predicted octanol–water partition coefficient (Wildman–Crippen LogP) is 2.75. The van der Waals surface area contributed by atoms with E-state index >= 15 is 0 Å². The molecule has 104 valence electrons. The van der Waals surface area contributed by atoms with Crippen LogP contribution in [0.2, 0.25) is 0 Å². The number of amides is 1. The monoisotopic (exact) mass is 328 g/mol. The molecule has 0 aliphatic carbocycles. The molecule has 3 nitrogen and oxygen atoms in total. The molecule has 0 aromatic heterocycles. The number of likely N-dealkylation sites (N-methyl/N-ethyl adjacent to an activating group) is 1. The van der Waals surface area contributed by atoms with Crippen LogP contribution >= 0.6 is 15.9 Å². The van der Waals surface area contributed by atoms with Crippen LogP contribution in [0.5, 0.6) is 0 Å². The molecule has 2 rings (SSSR count). The Morgan fingerprint density at radius 2 is 2.21 bits per heavy atom. The molecular weight excluding hydrogens is 311 g/mol. The lowest BCUT2D eigenvalue weighted by Gasteiger charge is -2.39. The average Bonchev–Trinajstić information content (AvgIpc) is 2.38. The summed E-state index contributed by atoms with van der Waals surface area (Å²) in [5.74, 6) is -0.369. The number of nitrogens with zero attached hydrogens (tertiary/aromatic N) is 2. The number of halogens is 2. The van der Waals surface area contributed by atoms with E-state index < -0.39 is 0 Å². The van der Waals surface area contributed by atoms with Gasteiger partial charge in [0.05, 0.1) is 5.56 Å². The highest BCUT2D eigenvalue weighted by Gasteiger charge is 2.27. The van der Waals surface area contributed by atoms with Crippen LogP contribution in [0.3, 0.4) is 0 Å². The number of rotatable bonds is 2. The molecule has 1 fully saturated rings. The normalized spacial score (nSPS) is 20.6. The van der Waals surface area contributed by atoms with E-state index in [-0.39, 0.29) is 11.7 Å². The summed E-state index contributed by atoms with van der Waals surface area (Å²) in [5.41, 5.74) is 0.529. The van der Waals surface area contributed by atoms with Gasteiger partial charge in [-0.3, -0.25) is 9.69 Å². The Bertz CT molecular complexity index is 481. The van der Waals surface area contributed by atoms with Crippen LogP contribution < -0.4 is 0 Å². The number of carbonyl (C=O) groups is 1. The molecule has 0 bridgehead atoms. The van der Waals surface area contributed by atoms with Crippen molar-refractivity contribution in [2.24, 2.45) is 0 Å². The maximum atomic E-state index is 13.1. The van der Waals surface area contributed by atoms with Crippen molar-refractivity contribution < 1.29 is 9.18 Å². The highest BCUT2D eigenvalue weighted by molar-refractivity contribution is 9.10. The minimum Gasteiger partial charge on any atom is -0.336 e. The fourth-order valence-electron chi connectivity index (χ4n) is 2.40. The molecule has 5 heteroatoms. The minimum atomic E-state index is -0.340. The number of benzene rings is 1. The summed E-state index contributed by atoms with van der Waals surface area (Å²) in [7, 11) is 2.09. The Morgan fingerprint density at radius 1 is 1.47 bits per heavy atom. The first-order chi connectivity index (χ1) is 9.02. The van der Waals surface area contributed by atoms with E-state index in [1.165, 1.54) is 12.1 Å². The summed E-state index contributed by atoms with van der Waals surface area (Å²) < 4.78 is 13.6. The lowest BCUT2D eigenvalue weighted by Crippen LogP contribution is -2.53. The number of piperazine rings is 1. The first-order valence-electron chi connectivity index (χ1n) is 6.47. The van der Waals surface area contributed by atoms with Crippen molar-refractivity contribution >= 4 is 21.8 Å². The molecule has 1 heterocycles. The van der Waals surface area contributed by atoms with Gasteiger partial charge in [0, 0.05) is 30.1 Å². The summed E-state index contributed by atoms with van der Waals surface area (Å²) >= 11 is 3.26. The fraction of sp³-hybridized carbons (Fsp3) is 0.500. The zero-order valence-corrected chi connectivity index (χ0v) is 12.8. The first kappa shape index (κ1) is 14.5. The molecule has 1 atom stereocenters. The molecule has 1 aliphatic rings. The van der Waals surface area contributed by atoms with Gasteiger partial charge in [-0.05, 0) is 47.6 Å². The van der Waals surface area contributed by atoms with Crippen LogP contribution in [0.25, 0.3) is 0 Å². The molecule has 1 aromatic carbocycles. The van der Waals surface area contributed by atoms with Gasteiger partial charge in [-0.15, -0.1) is 0 Å². The second-order valence-corrected chi connectivity index (χ2v) is 5.77. The maximum absolute atomic E-state index is 13.1. The van der Waals surface area contributed by atoms with Crippen molar-refractivity contribution in [2.75, 3.05) is 26.7 Å². The number of hydrogen-bond donors (Lipinski definition) is 0. The van der Waals surface area contributed by atoms with E-state index in [9.17, 15) is 9.18 Å². The van der Waals surface area contributed by atoms with Crippen LogP contribution in [0.4, 0.5) is 4.39 Å². The van der Waals surface area contributed by atoms with Gasteiger partial charge in [-0.1, -0.05) is 6.92 Å². The Labute approximate surface area is 121 Å². The molecule has 0 N–H and O–H groups in total. The topological polar surface area (TPSA) is 23.6 Å². The number of hydrogen-bond acceptors (Lipinski definition) is 2. The third-order valence-electron chi connectivity index (χ3n) is 3.70. The van der Waals surface area contributed by atoms with Crippen molar-refractivity contribution in [1.29, 1.82) is 0 Å². The Morgan fingerprint density at radius 3 is 2.84 bits per heavy atom. The second kappa shape index (κ2) is 6.01. The molecule has 1 unspecified atom stereocenters. The summed E-state index contributed by atoms with van der Waals surface area (Å²) in [6.07, 6.45) is 1.02. The van der Waals surface area contributed by atoms with Crippen molar-refractivity contribution in [1.82, 2.24) is 9.80 Å². The predicted molar refractivity (Wildman–Crippen MR) is 76.7 cm³/mol. The quantitative estimate of drug-likeness (QED) is 0.833. The van der Waals surface area contributed by atoms with E-state index in [1.54, 1.807) is 6.07 Å². The largest absolute Gasteiger partial charge is 0.336 e. The van der Waals surface area contributed by atoms with E-state index in [2.05, 4.69) is 34.8 Å². The van der Waals surface area contributed by atoms with Crippen LogP contribution in [0, 0.1) is 5.82 Å². The van der Waals surface area contributed by atoms with Crippen LogP contribution in [-0.2, 0) is 0 Å². The third-order valence-corrected chi connectivity index (χ3v) is 4.35. The molecular formula is C14H18BrFN2O. The lowest BCUT2D eigenvalue weighted by molar-refractivity contribution is 0.0541. The van der Waals surface area contributed by atoms with Crippen molar-refractivity contribution in [3.8, 4) is 0 Å². The van der Waals surface area contributed by atoms with E-state index in [0.29, 0.717) is 16.1 Å². The average molecular weight is 329 g/mol. The molecule has 1 aromatic rings. The number of carbonyl (C=O) groups excluding carboxylic acids is 1. The van der Waals surface area contributed by atoms with Gasteiger partial charge < -0.3 is 4.90 Å². The zero-order valence-electron chi connectivity index (χ0n) is 11.2. The van der Waals surface area contributed by atoms with Gasteiger partial charge in [0.1, 0.15) is 5.82 Å². The summed E-state index contributed by atoms with van der Waals surface area (Å²) in [6.45, 7) is 4.46. The van der Waals surface area contributed by atoms with Crippen LogP contribution in [0.1, 0.15) is 23.7 Å². The van der Waals surface area contributed by atoms with Crippen LogP contribution in [0.15, 0.2) is 22.7 Å². The second-order valence-electron chi connectivity index (χ2n) is 4.92. The first-order valence-corrected chi connectivity index (χ1v) is 7.26. The van der Waals surface area contributed by atoms with Crippen LogP contribution in [-0.4, -0.2) is 48.4 Å². The van der Waals surface area contributed by atoms with Crippen molar-refractivity contribution in [3.63, 3.8) is 0 Å². The minimum absolute atomic E-state index is 0.0292. The van der Waals surface area contributed by atoms with Gasteiger partial charge in [0.2, 0.25) is 0 Å². The Kier molecular flexibility index (Phi) is 4.58. The third kappa shape index (κ3) is 3.15. The van der Waals surface area contributed by atoms with Gasteiger partial charge in [0.25, 0.3) is 5.91 Å². The standard InChI is InChI=1S/C14H18BrFN2O/c1-3-11-9-18(7-6-17(11)2)14(19)12-5-4-10(16)8-13(12)15/h4-5,8,11H,3,6-7,9H2,1-2H3. The van der Waals surface area contributed by atoms with E-state index in [4.69, 9.17) is 0 Å². The molecule has 0 spiro atoms. The lowest BCUT2D eigenvalue weighted by atomic mass is 10.1. The summed E-state index contributed by atoms with van der Waals surface area (Å²) in [5, 5.41) is 0. The smallest absolute Gasteiger partial charge is 0.255 e. The zero-order chi connectivity index (χ0) is 14.0. The highest BCUT2D eigenvalue weighted by atomic mass is 79.9. The Hall–Kier alpha value is -0.940. The SMILES string of the molecule is CCC1CN(C(=O)c2ccc(F)cc2Br)CCN1C. The molecule has 1 aliphatic heterocycles.